The van der Waals surface area contributed by atoms with Crippen LogP contribution < -0.4 is 14.8 Å². The van der Waals surface area contributed by atoms with Gasteiger partial charge >= 0.3 is 0 Å². The summed E-state index contributed by atoms with van der Waals surface area (Å²) in [5.41, 5.74) is 2.06. The molecule has 0 saturated heterocycles. The van der Waals surface area contributed by atoms with Crippen LogP contribution in [0.4, 0.5) is 0 Å². The number of aryl methyl sites for hydroxylation is 2. The van der Waals surface area contributed by atoms with E-state index in [9.17, 15) is 4.79 Å². The number of hydrogen-bond acceptors (Lipinski definition) is 7. The number of fused-ring (bicyclic) bond motifs is 1. The molecule has 1 amide bonds. The molecule has 3 rings (SSSR count). The van der Waals surface area contributed by atoms with Gasteiger partial charge in [0.25, 0.3) is 11.8 Å². The molecule has 0 aromatic carbocycles. The predicted octanol–water partition coefficient (Wildman–Crippen LogP) is 1.95. The fourth-order valence-electron chi connectivity index (χ4n) is 2.61. The SMILES string of the molecule is Cc1noc(C)c1CCNC(=O)c1nc(C(C)C)nc2c1OCCO2. The van der Waals surface area contributed by atoms with Gasteiger partial charge in [-0.05, 0) is 20.3 Å². The zero-order valence-corrected chi connectivity index (χ0v) is 14.9. The number of hydrogen-bond donors (Lipinski definition) is 1. The molecule has 0 saturated carbocycles. The summed E-state index contributed by atoms with van der Waals surface area (Å²) in [4.78, 5) is 21.3. The third-order valence-electron chi connectivity index (χ3n) is 3.99. The maximum atomic E-state index is 12.6. The maximum absolute atomic E-state index is 12.6. The fourth-order valence-corrected chi connectivity index (χ4v) is 2.61. The first-order valence-corrected chi connectivity index (χ1v) is 8.34. The lowest BCUT2D eigenvalue weighted by atomic mass is 10.1. The monoisotopic (exact) mass is 346 g/mol. The van der Waals surface area contributed by atoms with Crippen LogP contribution in [0.2, 0.25) is 0 Å². The number of nitrogens with zero attached hydrogens (tertiary/aromatic N) is 3. The van der Waals surface area contributed by atoms with Gasteiger partial charge in [0, 0.05) is 18.0 Å². The van der Waals surface area contributed by atoms with Gasteiger partial charge in [0.15, 0.2) is 5.69 Å². The Morgan fingerprint density at radius 2 is 1.96 bits per heavy atom. The van der Waals surface area contributed by atoms with E-state index in [1.54, 1.807) is 0 Å². The molecule has 8 heteroatoms. The Labute approximate surface area is 145 Å². The van der Waals surface area contributed by atoms with Gasteiger partial charge in [0.1, 0.15) is 24.8 Å². The number of ether oxygens (including phenoxy) is 2. The number of amides is 1. The van der Waals surface area contributed by atoms with Crippen molar-refractivity contribution in [2.75, 3.05) is 19.8 Å². The molecule has 1 N–H and O–H groups in total. The normalized spacial score (nSPS) is 13.2. The van der Waals surface area contributed by atoms with E-state index in [4.69, 9.17) is 14.0 Å². The number of rotatable bonds is 5. The lowest BCUT2D eigenvalue weighted by Crippen LogP contribution is -2.29. The Bertz CT molecular complexity index is 766. The summed E-state index contributed by atoms with van der Waals surface area (Å²) in [7, 11) is 0. The first kappa shape index (κ1) is 17.2. The second-order valence-corrected chi connectivity index (χ2v) is 6.22. The van der Waals surface area contributed by atoms with E-state index >= 15 is 0 Å². The van der Waals surface area contributed by atoms with E-state index in [1.807, 2.05) is 27.7 Å². The standard InChI is InChI=1S/C17H22N4O4/c1-9(2)15-19-13(14-17(20-15)24-8-7-23-14)16(22)18-6-5-12-10(3)21-25-11(12)4/h9H,5-8H2,1-4H3,(H,18,22). The van der Waals surface area contributed by atoms with Crippen molar-refractivity contribution in [3.63, 3.8) is 0 Å². The van der Waals surface area contributed by atoms with E-state index in [-0.39, 0.29) is 17.5 Å². The van der Waals surface area contributed by atoms with Gasteiger partial charge in [0.2, 0.25) is 5.75 Å². The zero-order valence-electron chi connectivity index (χ0n) is 14.9. The summed E-state index contributed by atoms with van der Waals surface area (Å²) < 4.78 is 16.2. The Morgan fingerprint density at radius 3 is 2.64 bits per heavy atom. The Morgan fingerprint density at radius 1 is 1.20 bits per heavy atom. The molecule has 8 nitrogen and oxygen atoms in total. The van der Waals surface area contributed by atoms with Crippen LogP contribution in [-0.4, -0.2) is 40.8 Å². The fraction of sp³-hybridized carbons (Fsp3) is 0.529. The van der Waals surface area contributed by atoms with Gasteiger partial charge in [-0.15, -0.1) is 0 Å². The molecule has 0 unspecified atom stereocenters. The van der Waals surface area contributed by atoms with Crippen molar-refractivity contribution >= 4 is 5.91 Å². The average molecular weight is 346 g/mol. The molecule has 134 valence electrons. The minimum atomic E-state index is -0.308. The molecule has 0 aliphatic carbocycles. The number of nitrogens with one attached hydrogen (secondary N) is 1. The molecular formula is C17H22N4O4. The smallest absolute Gasteiger partial charge is 0.274 e. The molecule has 25 heavy (non-hydrogen) atoms. The maximum Gasteiger partial charge on any atom is 0.274 e. The number of aromatic nitrogens is 3. The van der Waals surface area contributed by atoms with E-state index < -0.39 is 0 Å². The first-order chi connectivity index (χ1) is 12.0. The Kier molecular flexibility index (Phi) is 4.87. The first-order valence-electron chi connectivity index (χ1n) is 8.34. The van der Waals surface area contributed by atoms with Crippen molar-refractivity contribution < 1.29 is 18.8 Å². The molecule has 0 fully saturated rings. The van der Waals surface area contributed by atoms with Gasteiger partial charge in [-0.2, -0.15) is 4.98 Å². The summed E-state index contributed by atoms with van der Waals surface area (Å²) >= 11 is 0. The topological polar surface area (TPSA) is 99.4 Å². The highest BCUT2D eigenvalue weighted by Crippen LogP contribution is 2.32. The Balaban J connectivity index is 1.76. The predicted molar refractivity (Wildman–Crippen MR) is 89.1 cm³/mol. The molecule has 0 radical (unpaired) electrons. The minimum absolute atomic E-state index is 0.0738. The summed E-state index contributed by atoms with van der Waals surface area (Å²) in [6.45, 7) is 8.89. The van der Waals surface area contributed by atoms with Crippen molar-refractivity contribution in [1.29, 1.82) is 0 Å². The van der Waals surface area contributed by atoms with Crippen molar-refractivity contribution in [3.8, 4) is 11.6 Å². The molecule has 0 atom stereocenters. The van der Waals surface area contributed by atoms with Crippen LogP contribution in [0.5, 0.6) is 11.6 Å². The van der Waals surface area contributed by atoms with Gasteiger partial charge in [-0.25, -0.2) is 4.98 Å². The van der Waals surface area contributed by atoms with Crippen LogP contribution in [0.25, 0.3) is 0 Å². The number of carbonyl (C=O) groups is 1. The van der Waals surface area contributed by atoms with E-state index in [2.05, 4.69) is 20.4 Å². The Hall–Kier alpha value is -2.64. The van der Waals surface area contributed by atoms with Gasteiger partial charge in [0.05, 0.1) is 5.69 Å². The summed E-state index contributed by atoms with van der Waals surface area (Å²) in [6.07, 6.45) is 0.634. The van der Waals surface area contributed by atoms with Crippen molar-refractivity contribution in [3.05, 3.63) is 28.5 Å². The van der Waals surface area contributed by atoms with Crippen LogP contribution >= 0.6 is 0 Å². The number of carbonyl (C=O) groups excluding carboxylic acids is 1. The van der Waals surface area contributed by atoms with Crippen LogP contribution in [0.3, 0.4) is 0 Å². The molecule has 0 bridgehead atoms. The third-order valence-corrected chi connectivity index (χ3v) is 3.99. The lowest BCUT2D eigenvalue weighted by molar-refractivity contribution is 0.0933. The second-order valence-electron chi connectivity index (χ2n) is 6.22. The lowest BCUT2D eigenvalue weighted by Gasteiger charge is -2.20. The van der Waals surface area contributed by atoms with Gasteiger partial charge in [-0.1, -0.05) is 19.0 Å². The third kappa shape index (κ3) is 3.57. The van der Waals surface area contributed by atoms with Crippen LogP contribution in [0.1, 0.15) is 53.1 Å². The van der Waals surface area contributed by atoms with Crippen LogP contribution in [0, 0.1) is 13.8 Å². The largest absolute Gasteiger partial charge is 0.483 e. The summed E-state index contributed by atoms with van der Waals surface area (Å²) in [6, 6.07) is 0. The van der Waals surface area contributed by atoms with Crippen molar-refractivity contribution in [2.24, 2.45) is 0 Å². The molecule has 2 aromatic heterocycles. The molecular weight excluding hydrogens is 324 g/mol. The van der Waals surface area contributed by atoms with E-state index in [0.717, 1.165) is 17.0 Å². The summed E-state index contributed by atoms with van der Waals surface area (Å²) in [5.74, 6) is 1.74. The highest BCUT2D eigenvalue weighted by atomic mass is 16.6. The highest BCUT2D eigenvalue weighted by molar-refractivity contribution is 5.95. The molecule has 1 aliphatic heterocycles. The highest BCUT2D eigenvalue weighted by Gasteiger charge is 2.26. The van der Waals surface area contributed by atoms with E-state index in [0.29, 0.717) is 43.6 Å². The van der Waals surface area contributed by atoms with Crippen molar-refractivity contribution in [1.82, 2.24) is 20.4 Å². The zero-order chi connectivity index (χ0) is 18.0. The molecule has 1 aliphatic rings. The average Bonchev–Trinajstić information content (AvgIpc) is 2.92. The molecule has 0 spiro atoms. The van der Waals surface area contributed by atoms with Crippen molar-refractivity contribution in [2.45, 2.75) is 40.0 Å². The molecule has 2 aromatic rings. The minimum Gasteiger partial charge on any atom is -0.483 e. The van der Waals surface area contributed by atoms with Crippen LogP contribution in [-0.2, 0) is 6.42 Å². The van der Waals surface area contributed by atoms with Gasteiger partial charge < -0.3 is 19.3 Å². The van der Waals surface area contributed by atoms with Crippen LogP contribution in [0.15, 0.2) is 4.52 Å². The summed E-state index contributed by atoms with van der Waals surface area (Å²) in [5, 5.41) is 6.79. The quantitative estimate of drug-likeness (QED) is 0.883. The van der Waals surface area contributed by atoms with Gasteiger partial charge in [-0.3, -0.25) is 4.79 Å². The van der Waals surface area contributed by atoms with E-state index in [1.165, 1.54) is 0 Å². The molecule has 3 heterocycles. The second kappa shape index (κ2) is 7.08.